The number of rotatable bonds is 3. The van der Waals surface area contributed by atoms with Crippen LogP contribution >= 0.6 is 23.2 Å². The smallest absolute Gasteiger partial charge is 0.274 e. The Balaban J connectivity index is 1.73. The molecule has 0 aliphatic heterocycles. The molecule has 27 heavy (non-hydrogen) atoms. The Morgan fingerprint density at radius 2 is 2.07 bits per heavy atom. The molecule has 2 atom stereocenters. The lowest BCUT2D eigenvalue weighted by atomic mass is 10.1. The highest BCUT2D eigenvalue weighted by molar-refractivity contribution is 6.31. The van der Waals surface area contributed by atoms with Gasteiger partial charge in [-0.3, -0.25) is 9.36 Å². The maximum atomic E-state index is 14.6. The third-order valence-electron chi connectivity index (χ3n) is 4.80. The Bertz CT molecular complexity index is 1220. The normalized spacial score (nSPS) is 20.9. The maximum absolute atomic E-state index is 14.6. The first-order chi connectivity index (χ1) is 14.0. The van der Waals surface area contributed by atoms with Gasteiger partial charge in [-0.25, -0.2) is 9.37 Å². The molecule has 0 N–H and O–H groups in total. The number of nitrogens with zero attached hydrogens (tertiary/aromatic N) is 5. The SMILES string of the molecule is [2H]C([2H])([2H])n1ncc([C@H]2C[C@@H]2c2cc(C)n(-c3c(C)cnc(Cl)c3F)c(=O)c2Cl)n1. The minimum atomic E-state index is -2.45. The molecule has 1 aliphatic carbocycles. The summed E-state index contributed by atoms with van der Waals surface area (Å²) in [6.07, 6.45) is 3.45. The van der Waals surface area contributed by atoms with E-state index in [1.54, 1.807) is 19.9 Å². The average molecular weight is 411 g/mol. The summed E-state index contributed by atoms with van der Waals surface area (Å²) in [5.74, 6) is -0.995. The van der Waals surface area contributed by atoms with E-state index in [9.17, 15) is 9.18 Å². The van der Waals surface area contributed by atoms with Gasteiger partial charge in [0.1, 0.15) is 5.02 Å². The van der Waals surface area contributed by atoms with Gasteiger partial charge in [0.2, 0.25) is 0 Å². The zero-order valence-electron chi connectivity index (χ0n) is 17.4. The molecule has 0 aromatic carbocycles. The number of hydrogen-bond acceptors (Lipinski definition) is 4. The number of aromatic nitrogens is 5. The molecule has 3 aromatic heterocycles. The fourth-order valence-corrected chi connectivity index (χ4v) is 3.83. The third kappa shape index (κ3) is 2.95. The molecule has 0 saturated heterocycles. The van der Waals surface area contributed by atoms with Crippen molar-refractivity contribution in [2.45, 2.75) is 32.1 Å². The largest absolute Gasteiger partial charge is 0.277 e. The van der Waals surface area contributed by atoms with E-state index >= 15 is 0 Å². The Labute approximate surface area is 168 Å². The van der Waals surface area contributed by atoms with Gasteiger partial charge in [0, 0.05) is 28.9 Å². The van der Waals surface area contributed by atoms with Crippen LogP contribution in [0.4, 0.5) is 4.39 Å². The first-order valence-corrected chi connectivity index (χ1v) is 8.92. The lowest BCUT2D eigenvalue weighted by molar-refractivity contribution is 0.606. The van der Waals surface area contributed by atoms with Crippen molar-refractivity contribution in [3.8, 4) is 5.69 Å². The van der Waals surface area contributed by atoms with Crippen molar-refractivity contribution in [1.82, 2.24) is 24.5 Å². The van der Waals surface area contributed by atoms with Crippen LogP contribution in [0.15, 0.2) is 23.3 Å². The summed E-state index contributed by atoms with van der Waals surface area (Å²) in [7, 11) is 0. The van der Waals surface area contributed by atoms with Crippen LogP contribution in [0.3, 0.4) is 0 Å². The molecule has 3 heterocycles. The van der Waals surface area contributed by atoms with Crippen LogP contribution in [0.5, 0.6) is 0 Å². The molecule has 1 saturated carbocycles. The van der Waals surface area contributed by atoms with Crippen molar-refractivity contribution in [2.24, 2.45) is 6.98 Å². The Morgan fingerprint density at radius 3 is 2.78 bits per heavy atom. The van der Waals surface area contributed by atoms with Crippen LogP contribution in [0, 0.1) is 19.7 Å². The van der Waals surface area contributed by atoms with Gasteiger partial charge in [0.25, 0.3) is 5.56 Å². The van der Waals surface area contributed by atoms with Crippen LogP contribution in [0.1, 0.15) is 44.9 Å². The van der Waals surface area contributed by atoms with Gasteiger partial charge in [-0.15, -0.1) is 0 Å². The molecule has 1 aliphatic rings. The van der Waals surface area contributed by atoms with Crippen molar-refractivity contribution in [2.75, 3.05) is 0 Å². The topological polar surface area (TPSA) is 65.6 Å². The van der Waals surface area contributed by atoms with Crippen LogP contribution in [0.2, 0.25) is 10.2 Å². The van der Waals surface area contributed by atoms with E-state index in [4.69, 9.17) is 27.3 Å². The fraction of sp³-hybridized carbons (Fsp3) is 0.333. The first kappa shape index (κ1) is 14.8. The van der Waals surface area contributed by atoms with Gasteiger partial charge in [0.05, 0.1) is 17.6 Å². The fourth-order valence-electron chi connectivity index (χ4n) is 3.41. The van der Waals surface area contributed by atoms with Crippen LogP contribution in [-0.4, -0.2) is 24.5 Å². The predicted molar refractivity (Wildman–Crippen MR) is 100 cm³/mol. The molecule has 1 fully saturated rings. The molecule has 4 rings (SSSR count). The zero-order valence-corrected chi connectivity index (χ0v) is 15.9. The molecular formula is C18H16Cl2FN5O. The van der Waals surface area contributed by atoms with E-state index in [0.29, 0.717) is 33.7 Å². The van der Waals surface area contributed by atoms with Crippen molar-refractivity contribution in [3.63, 3.8) is 0 Å². The minimum Gasteiger partial charge on any atom is -0.277 e. The quantitative estimate of drug-likeness (QED) is 0.617. The molecule has 9 heteroatoms. The number of halogens is 3. The monoisotopic (exact) mass is 410 g/mol. The summed E-state index contributed by atoms with van der Waals surface area (Å²) in [5, 5.41) is 7.48. The summed E-state index contributed by atoms with van der Waals surface area (Å²) in [6, 6.07) is 1.73. The molecule has 3 aromatic rings. The van der Waals surface area contributed by atoms with Crippen molar-refractivity contribution < 1.29 is 8.50 Å². The molecule has 140 valence electrons. The van der Waals surface area contributed by atoms with Crippen molar-refractivity contribution in [1.29, 1.82) is 0 Å². The van der Waals surface area contributed by atoms with E-state index in [0.717, 1.165) is 0 Å². The molecule has 0 radical (unpaired) electrons. The maximum Gasteiger partial charge on any atom is 0.274 e. The van der Waals surface area contributed by atoms with Crippen LogP contribution < -0.4 is 5.56 Å². The van der Waals surface area contributed by atoms with Crippen LogP contribution in [-0.2, 0) is 6.98 Å². The second-order valence-electron chi connectivity index (χ2n) is 6.60. The highest BCUT2D eigenvalue weighted by Crippen LogP contribution is 2.55. The van der Waals surface area contributed by atoms with Crippen molar-refractivity contribution >= 4 is 23.2 Å². The van der Waals surface area contributed by atoms with E-state index in [-0.39, 0.29) is 27.7 Å². The summed E-state index contributed by atoms with van der Waals surface area (Å²) < 4.78 is 37.9. The van der Waals surface area contributed by atoms with Gasteiger partial charge in [-0.05, 0) is 43.4 Å². The van der Waals surface area contributed by atoms with Crippen molar-refractivity contribution in [3.05, 3.63) is 67.3 Å². The third-order valence-corrected chi connectivity index (χ3v) is 5.44. The lowest BCUT2D eigenvalue weighted by Crippen LogP contribution is -2.24. The summed E-state index contributed by atoms with van der Waals surface area (Å²) in [5.41, 5.74) is 1.52. The Morgan fingerprint density at radius 1 is 1.30 bits per heavy atom. The van der Waals surface area contributed by atoms with Gasteiger partial charge < -0.3 is 0 Å². The van der Waals surface area contributed by atoms with E-state index in [2.05, 4.69) is 15.2 Å². The van der Waals surface area contributed by atoms with Gasteiger partial charge in [-0.1, -0.05) is 23.2 Å². The van der Waals surface area contributed by atoms with E-state index in [1.807, 2.05) is 0 Å². The average Bonchev–Trinajstić information content (AvgIpc) is 3.29. The molecular weight excluding hydrogens is 392 g/mol. The molecule has 0 spiro atoms. The molecule has 6 nitrogen and oxygen atoms in total. The Kier molecular flexibility index (Phi) is 3.51. The second kappa shape index (κ2) is 6.42. The highest BCUT2D eigenvalue weighted by Gasteiger charge is 2.43. The highest BCUT2D eigenvalue weighted by atomic mass is 35.5. The molecule has 0 bridgehead atoms. The van der Waals surface area contributed by atoms with Gasteiger partial charge in [-0.2, -0.15) is 15.0 Å². The Hall–Kier alpha value is -2.25. The lowest BCUT2D eigenvalue weighted by Gasteiger charge is -2.16. The molecule has 0 unspecified atom stereocenters. The van der Waals surface area contributed by atoms with E-state index < -0.39 is 18.4 Å². The van der Waals surface area contributed by atoms with Crippen LogP contribution in [0.25, 0.3) is 5.69 Å². The van der Waals surface area contributed by atoms with Gasteiger partial charge >= 0.3 is 0 Å². The van der Waals surface area contributed by atoms with Gasteiger partial charge in [0.15, 0.2) is 11.0 Å². The number of pyridine rings is 2. The zero-order chi connectivity index (χ0) is 22.0. The summed E-state index contributed by atoms with van der Waals surface area (Å²) >= 11 is 12.2. The predicted octanol–water partition coefficient (Wildman–Crippen LogP) is 3.69. The first-order valence-electron chi connectivity index (χ1n) is 9.66. The standard InChI is InChI=1S/C18H16Cl2FN5O/c1-8-6-22-17(20)15(21)16(8)26-9(2)4-12(14(19)18(26)27)10-5-11(10)13-7-23-25(3)24-13/h4,6-7,10-11H,5H2,1-3H3/t10-,11-/m0/s1/i3D3. The van der Waals surface area contributed by atoms with E-state index in [1.165, 1.54) is 17.0 Å². The number of aryl methyl sites for hydroxylation is 3. The minimum absolute atomic E-state index is 0.0129. The number of hydrogen-bond donors (Lipinski definition) is 0. The summed E-state index contributed by atoms with van der Waals surface area (Å²) in [6.45, 7) is 0.850. The summed E-state index contributed by atoms with van der Waals surface area (Å²) in [4.78, 5) is 17.5. The molecule has 0 amide bonds. The second-order valence-corrected chi connectivity index (χ2v) is 7.33.